The number of hydrogen-bond donors (Lipinski definition) is 0. The van der Waals surface area contributed by atoms with E-state index < -0.39 is 0 Å². The van der Waals surface area contributed by atoms with Crippen LogP contribution in [0.3, 0.4) is 0 Å². The molecule has 100 valence electrons. The average Bonchev–Trinajstić information content (AvgIpc) is 2.97. The summed E-state index contributed by atoms with van der Waals surface area (Å²) in [7, 11) is 3.51. The number of allylic oxidation sites excluding steroid dienone is 2. The van der Waals surface area contributed by atoms with E-state index in [1.165, 1.54) is 0 Å². The first-order valence-corrected chi connectivity index (χ1v) is 6.77. The van der Waals surface area contributed by atoms with E-state index in [1.54, 1.807) is 23.9 Å². The molecule has 4 nitrogen and oxygen atoms in total. The summed E-state index contributed by atoms with van der Waals surface area (Å²) in [6.45, 7) is 0.736. The Bertz CT molecular complexity index is 363. The topological polar surface area (TPSA) is 40.6 Å². The van der Waals surface area contributed by atoms with Crippen LogP contribution in [0.2, 0.25) is 0 Å². The van der Waals surface area contributed by atoms with Crippen LogP contribution in [0.25, 0.3) is 0 Å². The maximum Gasteiger partial charge on any atom is 0.244 e. The van der Waals surface area contributed by atoms with Gasteiger partial charge in [-0.05, 0) is 31.6 Å². The molecular weight excluding hydrogens is 228 g/mol. The molecule has 1 heterocycles. The Kier molecular flexibility index (Phi) is 4.04. The van der Waals surface area contributed by atoms with Gasteiger partial charge in [0.2, 0.25) is 11.8 Å². The predicted molar refractivity (Wildman–Crippen MR) is 69.9 cm³/mol. The molecule has 0 bridgehead atoms. The number of carbonyl (C=O) groups excluding carboxylic acids is 2. The van der Waals surface area contributed by atoms with Crippen molar-refractivity contribution in [3.05, 3.63) is 12.2 Å². The lowest BCUT2D eigenvalue weighted by atomic mass is 10.0. The van der Waals surface area contributed by atoms with Crippen LogP contribution in [0.4, 0.5) is 0 Å². The van der Waals surface area contributed by atoms with Gasteiger partial charge in [-0.3, -0.25) is 9.59 Å². The van der Waals surface area contributed by atoms with Crippen molar-refractivity contribution in [3.8, 4) is 0 Å². The first-order chi connectivity index (χ1) is 8.59. The summed E-state index contributed by atoms with van der Waals surface area (Å²) in [6.07, 6.45) is 8.75. The molecule has 2 aliphatic rings. The van der Waals surface area contributed by atoms with E-state index in [1.807, 2.05) is 0 Å². The van der Waals surface area contributed by atoms with E-state index in [0.717, 1.165) is 32.2 Å². The van der Waals surface area contributed by atoms with Gasteiger partial charge in [0, 0.05) is 27.1 Å². The molecule has 0 aromatic rings. The van der Waals surface area contributed by atoms with Gasteiger partial charge in [0.15, 0.2) is 0 Å². The second-order valence-electron chi connectivity index (χ2n) is 5.45. The van der Waals surface area contributed by atoms with Crippen molar-refractivity contribution >= 4 is 11.8 Å². The summed E-state index contributed by atoms with van der Waals surface area (Å²) in [5.74, 6) is 0.584. The van der Waals surface area contributed by atoms with Crippen molar-refractivity contribution in [2.75, 3.05) is 20.6 Å². The van der Waals surface area contributed by atoms with E-state index in [9.17, 15) is 9.59 Å². The average molecular weight is 250 g/mol. The first kappa shape index (κ1) is 13.1. The molecule has 0 aromatic carbocycles. The highest BCUT2D eigenvalue weighted by molar-refractivity contribution is 5.88. The number of likely N-dealkylation sites (N-methyl/N-ethyl adjacent to an activating group) is 1. The zero-order chi connectivity index (χ0) is 13.1. The predicted octanol–water partition coefficient (Wildman–Crippen LogP) is 1.42. The van der Waals surface area contributed by atoms with E-state index in [4.69, 9.17) is 0 Å². The SMILES string of the molecule is CN(C)C(=O)C1CCCN1C(=O)CC1C=CCC1. The van der Waals surface area contributed by atoms with Crippen molar-refractivity contribution in [1.29, 1.82) is 0 Å². The molecule has 0 saturated carbocycles. The van der Waals surface area contributed by atoms with Gasteiger partial charge in [-0.2, -0.15) is 0 Å². The highest BCUT2D eigenvalue weighted by atomic mass is 16.2. The third-order valence-electron chi connectivity index (χ3n) is 3.85. The van der Waals surface area contributed by atoms with Gasteiger partial charge in [0.05, 0.1) is 0 Å². The Hall–Kier alpha value is -1.32. The van der Waals surface area contributed by atoms with Gasteiger partial charge in [-0.1, -0.05) is 12.2 Å². The van der Waals surface area contributed by atoms with Gasteiger partial charge >= 0.3 is 0 Å². The lowest BCUT2D eigenvalue weighted by molar-refractivity contribution is -0.142. The normalized spacial score (nSPS) is 26.7. The fourth-order valence-electron chi connectivity index (χ4n) is 2.83. The third kappa shape index (κ3) is 2.74. The van der Waals surface area contributed by atoms with Crippen LogP contribution in [0, 0.1) is 5.92 Å². The highest BCUT2D eigenvalue weighted by Crippen LogP contribution is 2.25. The minimum Gasteiger partial charge on any atom is -0.347 e. The molecule has 0 radical (unpaired) electrons. The van der Waals surface area contributed by atoms with Crippen LogP contribution >= 0.6 is 0 Å². The van der Waals surface area contributed by atoms with E-state index >= 15 is 0 Å². The van der Waals surface area contributed by atoms with Crippen LogP contribution in [0.5, 0.6) is 0 Å². The molecule has 18 heavy (non-hydrogen) atoms. The van der Waals surface area contributed by atoms with Crippen molar-refractivity contribution in [1.82, 2.24) is 9.80 Å². The zero-order valence-corrected chi connectivity index (χ0v) is 11.3. The Morgan fingerprint density at radius 3 is 2.72 bits per heavy atom. The van der Waals surface area contributed by atoms with Gasteiger partial charge in [-0.15, -0.1) is 0 Å². The number of nitrogens with zero attached hydrogens (tertiary/aromatic N) is 2. The molecule has 2 amide bonds. The smallest absolute Gasteiger partial charge is 0.244 e. The summed E-state index contributed by atoms with van der Waals surface area (Å²) in [4.78, 5) is 27.7. The number of rotatable bonds is 3. The summed E-state index contributed by atoms with van der Waals surface area (Å²) in [5.41, 5.74) is 0. The minimum atomic E-state index is -0.224. The second kappa shape index (κ2) is 5.55. The standard InChI is InChI=1S/C14H22N2O2/c1-15(2)14(18)12-8-5-9-16(12)13(17)10-11-6-3-4-7-11/h3,6,11-12H,4-5,7-10H2,1-2H3. The second-order valence-corrected chi connectivity index (χ2v) is 5.45. The fourth-order valence-corrected chi connectivity index (χ4v) is 2.83. The van der Waals surface area contributed by atoms with E-state index in [0.29, 0.717) is 12.3 Å². The van der Waals surface area contributed by atoms with E-state index in [-0.39, 0.29) is 17.9 Å². The summed E-state index contributed by atoms with van der Waals surface area (Å²) in [6, 6.07) is -0.224. The maximum atomic E-state index is 12.3. The molecule has 1 aliphatic carbocycles. The molecule has 0 N–H and O–H groups in total. The lowest BCUT2D eigenvalue weighted by Gasteiger charge is -2.27. The number of carbonyl (C=O) groups is 2. The van der Waals surface area contributed by atoms with Crippen LogP contribution < -0.4 is 0 Å². The van der Waals surface area contributed by atoms with Crippen LogP contribution in [0.1, 0.15) is 32.1 Å². The quantitative estimate of drug-likeness (QED) is 0.711. The Labute approximate surface area is 109 Å². The monoisotopic (exact) mass is 250 g/mol. The molecule has 1 fully saturated rings. The van der Waals surface area contributed by atoms with Gasteiger partial charge in [0.1, 0.15) is 6.04 Å². The molecule has 4 heteroatoms. The van der Waals surface area contributed by atoms with Crippen molar-refractivity contribution < 1.29 is 9.59 Å². The minimum absolute atomic E-state index is 0.0582. The third-order valence-corrected chi connectivity index (χ3v) is 3.85. The zero-order valence-electron chi connectivity index (χ0n) is 11.3. The number of hydrogen-bond acceptors (Lipinski definition) is 2. The van der Waals surface area contributed by atoms with Crippen molar-refractivity contribution in [2.24, 2.45) is 5.92 Å². The summed E-state index contributed by atoms with van der Waals surface area (Å²) in [5, 5.41) is 0. The van der Waals surface area contributed by atoms with E-state index in [2.05, 4.69) is 12.2 Å². The Morgan fingerprint density at radius 2 is 2.11 bits per heavy atom. The van der Waals surface area contributed by atoms with Gasteiger partial charge in [-0.25, -0.2) is 0 Å². The van der Waals surface area contributed by atoms with Crippen LogP contribution in [0.15, 0.2) is 12.2 Å². The van der Waals surface area contributed by atoms with Crippen LogP contribution in [-0.4, -0.2) is 48.3 Å². The lowest BCUT2D eigenvalue weighted by Crippen LogP contribution is -2.45. The first-order valence-electron chi connectivity index (χ1n) is 6.77. The Balaban J connectivity index is 1.95. The summed E-state index contributed by atoms with van der Waals surface area (Å²) < 4.78 is 0. The number of likely N-dealkylation sites (tertiary alicyclic amines) is 1. The Morgan fingerprint density at radius 1 is 1.33 bits per heavy atom. The number of amides is 2. The molecule has 0 spiro atoms. The van der Waals surface area contributed by atoms with Gasteiger partial charge in [0.25, 0.3) is 0 Å². The molecule has 2 atom stereocenters. The highest BCUT2D eigenvalue weighted by Gasteiger charge is 2.35. The fraction of sp³-hybridized carbons (Fsp3) is 0.714. The molecular formula is C14H22N2O2. The maximum absolute atomic E-state index is 12.3. The molecule has 2 rings (SSSR count). The molecule has 1 saturated heterocycles. The van der Waals surface area contributed by atoms with Gasteiger partial charge < -0.3 is 9.80 Å². The summed E-state index contributed by atoms with van der Waals surface area (Å²) >= 11 is 0. The van der Waals surface area contributed by atoms with Crippen molar-refractivity contribution in [3.63, 3.8) is 0 Å². The van der Waals surface area contributed by atoms with Crippen molar-refractivity contribution in [2.45, 2.75) is 38.1 Å². The molecule has 2 unspecified atom stereocenters. The largest absolute Gasteiger partial charge is 0.347 e. The molecule has 0 aromatic heterocycles. The molecule has 1 aliphatic heterocycles. The van der Waals surface area contributed by atoms with Crippen LogP contribution in [-0.2, 0) is 9.59 Å².